The Morgan fingerprint density at radius 3 is 2.81 bits per heavy atom. The molecule has 0 aliphatic heterocycles. The number of fused-ring (bicyclic) bond motifs is 1. The number of carbonyl (C=O) groups excluding carboxylic acids is 1. The number of hydrogen-bond acceptors (Lipinski definition) is 3. The lowest BCUT2D eigenvalue weighted by atomic mass is 10.1. The summed E-state index contributed by atoms with van der Waals surface area (Å²) >= 11 is 0. The molecule has 1 aromatic carbocycles. The van der Waals surface area contributed by atoms with Crippen molar-refractivity contribution in [3.8, 4) is 0 Å². The Kier molecular flexibility index (Phi) is 3.97. The summed E-state index contributed by atoms with van der Waals surface area (Å²) in [7, 11) is 0. The monoisotopic (exact) mass is 282 g/mol. The summed E-state index contributed by atoms with van der Waals surface area (Å²) in [6, 6.07) is 11.4. The number of aromatic nitrogens is 1. The Bertz CT molecular complexity index is 628. The molecule has 4 nitrogen and oxygen atoms in total. The van der Waals surface area contributed by atoms with Crippen LogP contribution in [0, 0.1) is 0 Å². The van der Waals surface area contributed by atoms with E-state index in [1.54, 1.807) is 12.4 Å². The van der Waals surface area contributed by atoms with Crippen molar-refractivity contribution < 1.29 is 9.90 Å². The van der Waals surface area contributed by atoms with Crippen LogP contribution in [0.1, 0.15) is 29.2 Å². The van der Waals surface area contributed by atoms with Gasteiger partial charge in [0.25, 0.3) is 0 Å². The molecule has 0 bridgehead atoms. The van der Waals surface area contributed by atoms with Crippen molar-refractivity contribution in [2.24, 2.45) is 0 Å². The van der Waals surface area contributed by atoms with Gasteiger partial charge < -0.3 is 10.4 Å². The summed E-state index contributed by atoms with van der Waals surface area (Å²) in [5.41, 5.74) is 3.24. The fourth-order valence-electron chi connectivity index (χ4n) is 2.80. The molecule has 1 amide bonds. The molecule has 1 heterocycles. The minimum Gasteiger partial charge on any atom is -0.390 e. The highest BCUT2D eigenvalue weighted by Gasteiger charge is 2.31. The van der Waals surface area contributed by atoms with Crippen molar-refractivity contribution in [2.45, 2.75) is 31.4 Å². The van der Waals surface area contributed by atoms with Crippen molar-refractivity contribution in [2.75, 3.05) is 0 Å². The predicted molar refractivity (Wildman–Crippen MR) is 79.6 cm³/mol. The van der Waals surface area contributed by atoms with Crippen LogP contribution in [0.3, 0.4) is 0 Å². The molecule has 0 unspecified atom stereocenters. The maximum Gasteiger partial charge on any atom is 0.220 e. The van der Waals surface area contributed by atoms with Crippen molar-refractivity contribution in [1.29, 1.82) is 0 Å². The molecule has 21 heavy (non-hydrogen) atoms. The Morgan fingerprint density at radius 2 is 2.00 bits per heavy atom. The topological polar surface area (TPSA) is 62.2 Å². The molecule has 3 rings (SSSR count). The summed E-state index contributed by atoms with van der Waals surface area (Å²) in [6.07, 6.45) is 4.61. The highest BCUT2D eigenvalue weighted by atomic mass is 16.3. The molecule has 0 radical (unpaired) electrons. The smallest absolute Gasteiger partial charge is 0.220 e. The van der Waals surface area contributed by atoms with E-state index in [9.17, 15) is 9.90 Å². The molecule has 2 N–H and O–H groups in total. The van der Waals surface area contributed by atoms with Crippen LogP contribution in [-0.4, -0.2) is 22.1 Å². The molecule has 0 spiro atoms. The Hall–Kier alpha value is -2.20. The first kappa shape index (κ1) is 13.8. The average Bonchev–Trinajstić information content (AvgIpc) is 2.82. The third-order valence-electron chi connectivity index (χ3n) is 3.91. The molecule has 0 fully saturated rings. The second-order valence-electron chi connectivity index (χ2n) is 5.37. The SMILES string of the molecule is O=C(CCc1ccncc1)N[C@H]1c2ccccc2C[C@H]1O. The zero-order valence-electron chi connectivity index (χ0n) is 11.7. The van der Waals surface area contributed by atoms with Gasteiger partial charge >= 0.3 is 0 Å². The number of carbonyl (C=O) groups is 1. The van der Waals surface area contributed by atoms with Gasteiger partial charge in [-0.1, -0.05) is 24.3 Å². The first-order chi connectivity index (χ1) is 10.2. The number of nitrogens with zero attached hydrogens (tertiary/aromatic N) is 1. The molecule has 0 saturated heterocycles. The van der Waals surface area contributed by atoms with Gasteiger partial charge in [-0.3, -0.25) is 9.78 Å². The van der Waals surface area contributed by atoms with E-state index in [1.165, 1.54) is 0 Å². The van der Waals surface area contributed by atoms with Crippen LogP contribution in [0.15, 0.2) is 48.8 Å². The lowest BCUT2D eigenvalue weighted by Crippen LogP contribution is -2.33. The summed E-state index contributed by atoms with van der Waals surface area (Å²) in [5.74, 6) is -0.0347. The van der Waals surface area contributed by atoms with Gasteiger partial charge in [-0.25, -0.2) is 0 Å². The maximum atomic E-state index is 12.1. The van der Waals surface area contributed by atoms with Crippen molar-refractivity contribution in [1.82, 2.24) is 10.3 Å². The third-order valence-corrected chi connectivity index (χ3v) is 3.91. The van der Waals surface area contributed by atoms with E-state index in [-0.39, 0.29) is 11.9 Å². The number of pyridine rings is 1. The lowest BCUT2D eigenvalue weighted by Gasteiger charge is -2.18. The van der Waals surface area contributed by atoms with E-state index < -0.39 is 6.10 Å². The normalized spacial score (nSPS) is 20.0. The zero-order valence-corrected chi connectivity index (χ0v) is 11.7. The highest BCUT2D eigenvalue weighted by molar-refractivity contribution is 5.77. The summed E-state index contributed by atoms with van der Waals surface area (Å²) < 4.78 is 0. The first-order valence-electron chi connectivity index (χ1n) is 7.18. The Balaban J connectivity index is 1.60. The van der Waals surface area contributed by atoms with Crippen molar-refractivity contribution >= 4 is 5.91 Å². The molecule has 4 heteroatoms. The second kappa shape index (κ2) is 6.06. The zero-order chi connectivity index (χ0) is 14.7. The molecular weight excluding hydrogens is 264 g/mol. The lowest BCUT2D eigenvalue weighted by molar-refractivity contribution is -0.122. The first-order valence-corrected chi connectivity index (χ1v) is 7.18. The number of aryl methyl sites for hydroxylation is 1. The fourth-order valence-corrected chi connectivity index (χ4v) is 2.80. The molecule has 2 atom stereocenters. The van der Waals surface area contributed by atoms with Gasteiger partial charge in [0.15, 0.2) is 0 Å². The molecule has 108 valence electrons. The van der Waals surface area contributed by atoms with Gasteiger partial charge in [0.1, 0.15) is 0 Å². The van der Waals surface area contributed by atoms with Crippen LogP contribution in [0.4, 0.5) is 0 Å². The summed E-state index contributed by atoms with van der Waals surface area (Å²) in [6.45, 7) is 0. The minimum atomic E-state index is -0.535. The van der Waals surface area contributed by atoms with Gasteiger partial charge in [-0.2, -0.15) is 0 Å². The number of amides is 1. The van der Waals surface area contributed by atoms with Crippen LogP contribution in [0.25, 0.3) is 0 Å². The summed E-state index contributed by atoms with van der Waals surface area (Å²) in [4.78, 5) is 16.0. The van der Waals surface area contributed by atoms with E-state index in [2.05, 4.69) is 10.3 Å². The second-order valence-corrected chi connectivity index (χ2v) is 5.37. The molecule has 1 aliphatic rings. The average molecular weight is 282 g/mol. The van der Waals surface area contributed by atoms with Crippen molar-refractivity contribution in [3.63, 3.8) is 0 Å². The number of aliphatic hydroxyl groups excluding tert-OH is 1. The molecule has 2 aromatic rings. The maximum absolute atomic E-state index is 12.1. The Labute approximate surface area is 123 Å². The van der Waals surface area contributed by atoms with E-state index >= 15 is 0 Å². The predicted octanol–water partition coefficient (Wildman–Crippen LogP) is 1.79. The molecular formula is C17H18N2O2. The standard InChI is InChI=1S/C17H18N2O2/c20-15-11-13-3-1-2-4-14(13)17(15)19-16(21)6-5-12-7-9-18-10-8-12/h1-4,7-10,15,17,20H,5-6,11H2,(H,19,21)/t15-,17+/m1/s1. The number of hydrogen-bond donors (Lipinski definition) is 2. The van der Waals surface area contributed by atoms with E-state index in [4.69, 9.17) is 0 Å². The van der Waals surface area contributed by atoms with Crippen LogP contribution in [0.2, 0.25) is 0 Å². The van der Waals surface area contributed by atoms with E-state index in [0.717, 1.165) is 16.7 Å². The number of benzene rings is 1. The van der Waals surface area contributed by atoms with Gasteiger partial charge in [-0.05, 0) is 35.2 Å². The van der Waals surface area contributed by atoms with E-state index in [0.29, 0.717) is 19.3 Å². The molecule has 0 saturated carbocycles. The van der Waals surface area contributed by atoms with Gasteiger partial charge in [0, 0.05) is 25.2 Å². The van der Waals surface area contributed by atoms with Crippen LogP contribution in [0.5, 0.6) is 0 Å². The molecule has 1 aromatic heterocycles. The van der Waals surface area contributed by atoms with Crippen LogP contribution in [-0.2, 0) is 17.6 Å². The number of rotatable bonds is 4. The molecule has 1 aliphatic carbocycles. The largest absolute Gasteiger partial charge is 0.390 e. The van der Waals surface area contributed by atoms with Gasteiger partial charge in [0.05, 0.1) is 12.1 Å². The highest BCUT2D eigenvalue weighted by Crippen LogP contribution is 2.31. The number of aliphatic hydroxyl groups is 1. The van der Waals surface area contributed by atoms with E-state index in [1.807, 2.05) is 36.4 Å². The van der Waals surface area contributed by atoms with Crippen molar-refractivity contribution in [3.05, 3.63) is 65.5 Å². The Morgan fingerprint density at radius 1 is 1.24 bits per heavy atom. The van der Waals surface area contributed by atoms with Gasteiger partial charge in [-0.15, -0.1) is 0 Å². The van der Waals surface area contributed by atoms with Crippen LogP contribution < -0.4 is 5.32 Å². The third kappa shape index (κ3) is 3.11. The number of nitrogens with one attached hydrogen (secondary N) is 1. The van der Waals surface area contributed by atoms with Gasteiger partial charge in [0.2, 0.25) is 5.91 Å². The minimum absolute atomic E-state index is 0.0347. The quantitative estimate of drug-likeness (QED) is 0.898. The fraction of sp³-hybridized carbons (Fsp3) is 0.294. The summed E-state index contributed by atoms with van der Waals surface area (Å²) in [5, 5.41) is 13.1. The van der Waals surface area contributed by atoms with Crippen LogP contribution >= 0.6 is 0 Å².